The van der Waals surface area contributed by atoms with Gasteiger partial charge in [0.05, 0.1) is 5.69 Å². The fourth-order valence-corrected chi connectivity index (χ4v) is 5.09. The molecule has 0 unspecified atom stereocenters. The molecule has 154 valence electrons. The van der Waals surface area contributed by atoms with Gasteiger partial charge in [-0.25, -0.2) is 0 Å². The zero-order valence-electron chi connectivity index (χ0n) is 18.3. The van der Waals surface area contributed by atoms with Crippen LogP contribution >= 0.6 is 0 Å². The smallest absolute Gasteiger partial charge is 0.159 e. The van der Waals surface area contributed by atoms with Crippen LogP contribution in [-0.4, -0.2) is 7.05 Å². The molecule has 1 saturated carbocycles. The standard InChI is InChI=1S/C28H31NO/c1-19(2)23-11-7-12-24-25-13-8-14-26(28(25)30-27(23)24)29(3)22-17-15-21(16-18-22)20-9-5-4-6-10-20/h7-8,11-20H,4-6,9-10H2,1-3H3. The van der Waals surface area contributed by atoms with Crippen molar-refractivity contribution in [2.24, 2.45) is 0 Å². The lowest BCUT2D eigenvalue weighted by Gasteiger charge is -2.24. The predicted molar refractivity (Wildman–Crippen MR) is 128 cm³/mol. The van der Waals surface area contributed by atoms with E-state index in [-0.39, 0.29) is 0 Å². The van der Waals surface area contributed by atoms with Crippen LogP contribution in [0.4, 0.5) is 11.4 Å². The maximum Gasteiger partial charge on any atom is 0.159 e. The number of hydrogen-bond acceptors (Lipinski definition) is 2. The lowest BCUT2D eigenvalue weighted by Crippen LogP contribution is -2.10. The molecular weight excluding hydrogens is 366 g/mol. The number of rotatable bonds is 4. The molecule has 1 heterocycles. The molecule has 1 aliphatic rings. The maximum absolute atomic E-state index is 6.50. The van der Waals surface area contributed by atoms with Crippen LogP contribution in [0.5, 0.6) is 0 Å². The molecule has 0 radical (unpaired) electrons. The van der Waals surface area contributed by atoms with E-state index in [0.717, 1.165) is 22.8 Å². The van der Waals surface area contributed by atoms with Crippen LogP contribution in [-0.2, 0) is 0 Å². The van der Waals surface area contributed by atoms with Crippen molar-refractivity contribution >= 4 is 33.3 Å². The Morgan fingerprint density at radius 1 is 0.800 bits per heavy atom. The van der Waals surface area contributed by atoms with Gasteiger partial charge in [-0.1, -0.05) is 75.6 Å². The number of hydrogen-bond donors (Lipinski definition) is 0. The van der Waals surface area contributed by atoms with Gasteiger partial charge in [-0.05, 0) is 54.0 Å². The van der Waals surface area contributed by atoms with Crippen LogP contribution in [0.25, 0.3) is 21.9 Å². The van der Waals surface area contributed by atoms with E-state index < -0.39 is 0 Å². The highest BCUT2D eigenvalue weighted by Crippen LogP contribution is 2.40. The predicted octanol–water partition coefficient (Wildman–Crippen LogP) is 8.53. The first-order valence-electron chi connectivity index (χ1n) is 11.4. The van der Waals surface area contributed by atoms with Gasteiger partial charge in [0.15, 0.2) is 5.58 Å². The summed E-state index contributed by atoms with van der Waals surface area (Å²) in [5, 5.41) is 2.40. The molecule has 2 heteroatoms. The zero-order chi connectivity index (χ0) is 20.7. The summed E-state index contributed by atoms with van der Waals surface area (Å²) in [6, 6.07) is 22.2. The van der Waals surface area contributed by atoms with Crippen LogP contribution in [0.2, 0.25) is 0 Å². The molecule has 5 rings (SSSR count). The molecule has 3 aromatic carbocycles. The van der Waals surface area contributed by atoms with E-state index in [4.69, 9.17) is 4.42 Å². The molecule has 1 aromatic heterocycles. The summed E-state index contributed by atoms with van der Waals surface area (Å²) in [6.45, 7) is 4.45. The maximum atomic E-state index is 6.50. The molecule has 0 bridgehead atoms. The van der Waals surface area contributed by atoms with Gasteiger partial charge in [0.1, 0.15) is 5.58 Å². The second-order valence-electron chi connectivity index (χ2n) is 9.12. The highest BCUT2D eigenvalue weighted by molar-refractivity contribution is 6.10. The van der Waals surface area contributed by atoms with E-state index in [1.807, 2.05) is 0 Å². The lowest BCUT2D eigenvalue weighted by molar-refractivity contribution is 0.443. The normalized spacial score (nSPS) is 15.3. The number of fused-ring (bicyclic) bond motifs is 3. The molecule has 2 nitrogen and oxygen atoms in total. The number of furan rings is 1. The first-order chi connectivity index (χ1) is 14.6. The van der Waals surface area contributed by atoms with E-state index in [9.17, 15) is 0 Å². The van der Waals surface area contributed by atoms with Gasteiger partial charge in [0.25, 0.3) is 0 Å². The lowest BCUT2D eigenvalue weighted by atomic mass is 9.84. The monoisotopic (exact) mass is 397 g/mol. The van der Waals surface area contributed by atoms with Gasteiger partial charge < -0.3 is 9.32 Å². The molecule has 1 aliphatic carbocycles. The van der Waals surface area contributed by atoms with Crippen LogP contribution in [0.3, 0.4) is 0 Å². The Kier molecular flexibility index (Phi) is 5.02. The van der Waals surface area contributed by atoms with Crippen molar-refractivity contribution in [1.29, 1.82) is 0 Å². The Bertz CT molecular complexity index is 1160. The van der Waals surface area contributed by atoms with Crippen LogP contribution in [0, 0.1) is 0 Å². The molecule has 30 heavy (non-hydrogen) atoms. The molecule has 0 saturated heterocycles. The fourth-order valence-electron chi connectivity index (χ4n) is 5.09. The fraction of sp³-hybridized carbons (Fsp3) is 0.357. The number of benzene rings is 3. The van der Waals surface area contributed by atoms with Crippen LogP contribution in [0.15, 0.2) is 65.1 Å². The van der Waals surface area contributed by atoms with Gasteiger partial charge in [0, 0.05) is 23.5 Å². The minimum Gasteiger partial charge on any atom is -0.454 e. The number of anilines is 2. The third kappa shape index (κ3) is 3.29. The first kappa shape index (κ1) is 19.2. The Hall–Kier alpha value is -2.74. The van der Waals surface area contributed by atoms with E-state index in [2.05, 4.69) is 86.5 Å². The highest BCUT2D eigenvalue weighted by Gasteiger charge is 2.18. The Balaban J connectivity index is 1.54. The molecule has 0 atom stereocenters. The van der Waals surface area contributed by atoms with Gasteiger partial charge in [0.2, 0.25) is 0 Å². The highest BCUT2D eigenvalue weighted by atomic mass is 16.3. The van der Waals surface area contributed by atoms with Crippen molar-refractivity contribution in [2.45, 2.75) is 57.8 Å². The molecule has 0 amide bonds. The average molecular weight is 398 g/mol. The Morgan fingerprint density at radius 3 is 2.17 bits per heavy atom. The molecule has 1 fully saturated rings. The van der Waals surface area contributed by atoms with E-state index >= 15 is 0 Å². The van der Waals surface area contributed by atoms with Crippen LogP contribution in [0.1, 0.15) is 68.9 Å². The summed E-state index contributed by atoms with van der Waals surface area (Å²) >= 11 is 0. The van der Waals surface area contributed by atoms with Crippen LogP contribution < -0.4 is 4.90 Å². The minimum absolute atomic E-state index is 0.433. The average Bonchev–Trinajstić information content (AvgIpc) is 3.18. The molecule has 4 aromatic rings. The third-order valence-electron chi connectivity index (χ3n) is 6.87. The Morgan fingerprint density at radius 2 is 1.47 bits per heavy atom. The van der Waals surface area contributed by atoms with E-state index in [1.165, 1.54) is 59.7 Å². The molecule has 0 spiro atoms. The summed E-state index contributed by atoms with van der Waals surface area (Å²) in [5.41, 5.74) is 7.08. The second-order valence-corrected chi connectivity index (χ2v) is 9.12. The summed E-state index contributed by atoms with van der Waals surface area (Å²) in [4.78, 5) is 2.25. The zero-order valence-corrected chi connectivity index (χ0v) is 18.3. The molecular formula is C28H31NO. The third-order valence-corrected chi connectivity index (χ3v) is 6.87. The van der Waals surface area contributed by atoms with Gasteiger partial charge in [-0.15, -0.1) is 0 Å². The number of nitrogens with zero attached hydrogens (tertiary/aromatic N) is 1. The van der Waals surface area contributed by atoms with Crippen molar-refractivity contribution in [3.05, 3.63) is 71.8 Å². The summed E-state index contributed by atoms with van der Waals surface area (Å²) in [5.74, 6) is 1.18. The van der Waals surface area contributed by atoms with Gasteiger partial charge in [-0.2, -0.15) is 0 Å². The van der Waals surface area contributed by atoms with Gasteiger partial charge >= 0.3 is 0 Å². The minimum atomic E-state index is 0.433. The summed E-state index contributed by atoms with van der Waals surface area (Å²) < 4.78 is 6.50. The topological polar surface area (TPSA) is 16.4 Å². The van der Waals surface area contributed by atoms with Crippen molar-refractivity contribution in [3.8, 4) is 0 Å². The van der Waals surface area contributed by atoms with Gasteiger partial charge in [-0.3, -0.25) is 0 Å². The van der Waals surface area contributed by atoms with Crippen molar-refractivity contribution in [1.82, 2.24) is 0 Å². The summed E-state index contributed by atoms with van der Waals surface area (Å²) in [6.07, 6.45) is 6.83. The summed E-state index contributed by atoms with van der Waals surface area (Å²) in [7, 11) is 2.14. The van der Waals surface area contributed by atoms with E-state index in [1.54, 1.807) is 0 Å². The second kappa shape index (κ2) is 7.83. The first-order valence-corrected chi connectivity index (χ1v) is 11.4. The van der Waals surface area contributed by atoms with Crippen molar-refractivity contribution in [2.75, 3.05) is 11.9 Å². The van der Waals surface area contributed by atoms with Crippen molar-refractivity contribution < 1.29 is 4.42 Å². The molecule has 0 aliphatic heterocycles. The SMILES string of the molecule is CC(C)c1cccc2c1oc1c(N(C)c3ccc(C4CCCCC4)cc3)cccc12. The molecule has 0 N–H and O–H groups in total. The quantitative estimate of drug-likeness (QED) is 0.343. The largest absolute Gasteiger partial charge is 0.454 e. The Labute approximate surface area is 179 Å². The van der Waals surface area contributed by atoms with E-state index in [0.29, 0.717) is 5.92 Å². The van der Waals surface area contributed by atoms with Crippen molar-refractivity contribution in [3.63, 3.8) is 0 Å². The number of para-hydroxylation sites is 2.